The highest BCUT2D eigenvalue weighted by Gasteiger charge is 2.28. The lowest BCUT2D eigenvalue weighted by molar-refractivity contribution is -0.0415. The molecule has 2 aromatic rings. The summed E-state index contributed by atoms with van der Waals surface area (Å²) in [5.74, 6) is 0. The maximum atomic E-state index is 12.3. The van der Waals surface area contributed by atoms with Crippen molar-refractivity contribution in [3.8, 4) is 0 Å². The molecule has 0 aliphatic carbocycles. The lowest BCUT2D eigenvalue weighted by Gasteiger charge is -2.34. The van der Waals surface area contributed by atoms with Crippen LogP contribution in [0.4, 0.5) is 4.79 Å². The first-order chi connectivity index (χ1) is 13.4. The maximum absolute atomic E-state index is 12.3. The van der Waals surface area contributed by atoms with Crippen molar-refractivity contribution in [2.24, 2.45) is 0 Å². The number of hydrogen-bond donors (Lipinski definition) is 0. The van der Waals surface area contributed by atoms with E-state index in [9.17, 15) is 4.79 Å². The third kappa shape index (κ3) is 6.34. The van der Waals surface area contributed by atoms with Gasteiger partial charge < -0.3 is 14.4 Å². The molecular formula is C23H30N2O3. The first kappa shape index (κ1) is 20.3. The Morgan fingerprint density at radius 1 is 1.18 bits per heavy atom. The molecule has 1 aromatic heterocycles. The van der Waals surface area contributed by atoms with E-state index in [0.717, 1.165) is 19.3 Å². The number of carbonyl (C=O) groups is 1. The van der Waals surface area contributed by atoms with Crippen LogP contribution in [-0.2, 0) is 28.7 Å². The summed E-state index contributed by atoms with van der Waals surface area (Å²) in [6.07, 6.45) is 6.21. The van der Waals surface area contributed by atoms with Crippen molar-refractivity contribution in [1.29, 1.82) is 0 Å². The Balaban J connectivity index is 1.55. The number of amides is 1. The van der Waals surface area contributed by atoms with E-state index < -0.39 is 5.60 Å². The number of aryl methyl sites for hydroxylation is 2. The summed E-state index contributed by atoms with van der Waals surface area (Å²) in [5.41, 5.74) is 3.31. The van der Waals surface area contributed by atoms with Gasteiger partial charge in [0.1, 0.15) is 5.60 Å². The van der Waals surface area contributed by atoms with Gasteiger partial charge in [0.05, 0.1) is 19.3 Å². The molecule has 28 heavy (non-hydrogen) atoms. The highest BCUT2D eigenvalue weighted by molar-refractivity contribution is 5.68. The van der Waals surface area contributed by atoms with E-state index in [1.165, 1.54) is 16.7 Å². The number of benzene rings is 1. The minimum Gasteiger partial charge on any atom is -0.444 e. The number of rotatable bonds is 5. The molecule has 3 rings (SSSR count). The van der Waals surface area contributed by atoms with Crippen LogP contribution in [0.3, 0.4) is 0 Å². The Labute approximate surface area is 167 Å². The zero-order valence-electron chi connectivity index (χ0n) is 17.1. The minimum atomic E-state index is -0.479. The van der Waals surface area contributed by atoms with Gasteiger partial charge in [0.15, 0.2) is 0 Å². The van der Waals surface area contributed by atoms with Crippen LogP contribution in [0, 0.1) is 0 Å². The van der Waals surface area contributed by atoms with Gasteiger partial charge in [-0.25, -0.2) is 4.79 Å². The summed E-state index contributed by atoms with van der Waals surface area (Å²) < 4.78 is 11.4. The standard InChI is InChI=1S/C23H30N2O3/c1-23(2,3)28-22(26)25-12-13-27-21(17-25)15-20-7-4-6-18(14-20)9-10-19-8-5-11-24-16-19/h4-8,11,14,16,21H,9-10,12-13,15,17H2,1-3H3. The van der Waals surface area contributed by atoms with E-state index in [0.29, 0.717) is 19.7 Å². The molecule has 5 heteroatoms. The number of ether oxygens (including phenoxy) is 2. The van der Waals surface area contributed by atoms with Gasteiger partial charge in [0.2, 0.25) is 0 Å². The molecule has 1 unspecified atom stereocenters. The van der Waals surface area contributed by atoms with E-state index in [1.54, 1.807) is 11.1 Å². The molecule has 2 heterocycles. The normalized spacial score (nSPS) is 17.4. The zero-order chi connectivity index (χ0) is 20.0. The van der Waals surface area contributed by atoms with Crippen molar-refractivity contribution >= 4 is 6.09 Å². The molecule has 0 spiro atoms. The van der Waals surface area contributed by atoms with Crippen LogP contribution in [0.1, 0.15) is 37.5 Å². The second kappa shape index (κ2) is 9.20. The Morgan fingerprint density at radius 3 is 2.68 bits per heavy atom. The minimum absolute atomic E-state index is 0.00478. The Morgan fingerprint density at radius 2 is 1.93 bits per heavy atom. The zero-order valence-corrected chi connectivity index (χ0v) is 17.1. The maximum Gasteiger partial charge on any atom is 0.410 e. The molecule has 150 valence electrons. The first-order valence-corrected chi connectivity index (χ1v) is 9.95. The summed E-state index contributed by atoms with van der Waals surface area (Å²) in [4.78, 5) is 18.3. The molecule has 0 N–H and O–H groups in total. The monoisotopic (exact) mass is 382 g/mol. The topological polar surface area (TPSA) is 51.7 Å². The summed E-state index contributed by atoms with van der Waals surface area (Å²) in [7, 11) is 0. The first-order valence-electron chi connectivity index (χ1n) is 9.95. The third-order valence-electron chi connectivity index (χ3n) is 4.67. The molecule has 1 aliphatic rings. The molecule has 0 bridgehead atoms. The fourth-order valence-electron chi connectivity index (χ4n) is 3.34. The second-order valence-corrected chi connectivity index (χ2v) is 8.30. The van der Waals surface area contributed by atoms with E-state index in [4.69, 9.17) is 9.47 Å². The van der Waals surface area contributed by atoms with E-state index in [2.05, 4.69) is 35.3 Å². The summed E-state index contributed by atoms with van der Waals surface area (Å²) in [5, 5.41) is 0. The number of morpholine rings is 1. The Kier molecular flexibility index (Phi) is 6.68. The van der Waals surface area contributed by atoms with Gasteiger partial charge in [-0.1, -0.05) is 30.3 Å². The van der Waals surface area contributed by atoms with Crippen LogP contribution in [0.15, 0.2) is 48.8 Å². The molecule has 5 nitrogen and oxygen atoms in total. The third-order valence-corrected chi connectivity index (χ3v) is 4.67. The van der Waals surface area contributed by atoms with Gasteiger partial charge in [-0.15, -0.1) is 0 Å². The fourth-order valence-corrected chi connectivity index (χ4v) is 3.34. The van der Waals surface area contributed by atoms with Crippen molar-refractivity contribution in [3.05, 3.63) is 65.5 Å². The highest BCUT2D eigenvalue weighted by atomic mass is 16.6. The van der Waals surface area contributed by atoms with Crippen LogP contribution < -0.4 is 0 Å². The van der Waals surface area contributed by atoms with Gasteiger partial charge in [0.25, 0.3) is 0 Å². The van der Waals surface area contributed by atoms with E-state index >= 15 is 0 Å². The Hall–Kier alpha value is -2.40. The SMILES string of the molecule is CC(C)(C)OC(=O)N1CCOC(Cc2cccc(CCc3cccnc3)c2)C1. The van der Waals surface area contributed by atoms with Gasteiger partial charge >= 0.3 is 6.09 Å². The second-order valence-electron chi connectivity index (χ2n) is 8.30. The van der Waals surface area contributed by atoms with Crippen LogP contribution in [0.25, 0.3) is 0 Å². The molecular weight excluding hydrogens is 352 g/mol. The summed E-state index contributed by atoms with van der Waals surface area (Å²) in [6.45, 7) is 7.36. The van der Waals surface area contributed by atoms with Gasteiger partial charge in [-0.2, -0.15) is 0 Å². The molecule has 0 saturated carbocycles. The van der Waals surface area contributed by atoms with E-state index in [1.807, 2.05) is 33.0 Å². The molecule has 1 amide bonds. The van der Waals surface area contributed by atoms with Crippen LogP contribution >= 0.6 is 0 Å². The van der Waals surface area contributed by atoms with Gasteiger partial charge in [-0.3, -0.25) is 4.98 Å². The number of aromatic nitrogens is 1. The van der Waals surface area contributed by atoms with Crippen LogP contribution in [-0.4, -0.2) is 47.4 Å². The molecule has 1 saturated heterocycles. The lowest BCUT2D eigenvalue weighted by atomic mass is 10.0. The summed E-state index contributed by atoms with van der Waals surface area (Å²) >= 11 is 0. The van der Waals surface area contributed by atoms with E-state index in [-0.39, 0.29) is 12.2 Å². The predicted molar refractivity (Wildman–Crippen MR) is 109 cm³/mol. The van der Waals surface area contributed by atoms with Crippen molar-refractivity contribution in [1.82, 2.24) is 9.88 Å². The van der Waals surface area contributed by atoms with Crippen LogP contribution in [0.5, 0.6) is 0 Å². The molecule has 1 aromatic carbocycles. The average Bonchev–Trinajstić information content (AvgIpc) is 2.66. The fraction of sp³-hybridized carbons (Fsp3) is 0.478. The summed E-state index contributed by atoms with van der Waals surface area (Å²) in [6, 6.07) is 12.7. The number of nitrogens with zero attached hydrogens (tertiary/aromatic N) is 2. The van der Waals surface area contributed by atoms with Crippen molar-refractivity contribution in [2.45, 2.75) is 51.7 Å². The smallest absolute Gasteiger partial charge is 0.410 e. The van der Waals surface area contributed by atoms with Crippen molar-refractivity contribution < 1.29 is 14.3 Å². The molecule has 1 aliphatic heterocycles. The molecule has 0 radical (unpaired) electrons. The van der Waals surface area contributed by atoms with Crippen LogP contribution in [0.2, 0.25) is 0 Å². The van der Waals surface area contributed by atoms with Crippen molar-refractivity contribution in [2.75, 3.05) is 19.7 Å². The lowest BCUT2D eigenvalue weighted by Crippen LogP contribution is -2.48. The largest absolute Gasteiger partial charge is 0.444 e. The Bertz CT molecular complexity index is 771. The van der Waals surface area contributed by atoms with Gasteiger partial charge in [-0.05, 0) is 56.4 Å². The van der Waals surface area contributed by atoms with Gasteiger partial charge in [0, 0.05) is 25.4 Å². The predicted octanol–water partition coefficient (Wildman–Crippen LogP) is 4.05. The number of pyridine rings is 1. The molecule has 1 fully saturated rings. The van der Waals surface area contributed by atoms with Crippen molar-refractivity contribution in [3.63, 3.8) is 0 Å². The number of hydrogen-bond acceptors (Lipinski definition) is 4. The quantitative estimate of drug-likeness (QED) is 0.783. The highest BCUT2D eigenvalue weighted by Crippen LogP contribution is 2.17. The molecule has 1 atom stereocenters. The average molecular weight is 383 g/mol. The number of carbonyl (C=O) groups excluding carboxylic acids is 1.